The van der Waals surface area contributed by atoms with Crippen LogP contribution < -0.4 is 10.9 Å². The van der Waals surface area contributed by atoms with E-state index < -0.39 is 11.5 Å². The minimum atomic E-state index is -0.442. The summed E-state index contributed by atoms with van der Waals surface area (Å²) >= 11 is 0. The summed E-state index contributed by atoms with van der Waals surface area (Å²) in [6, 6.07) is 5.18. The van der Waals surface area contributed by atoms with Gasteiger partial charge in [0, 0.05) is 29.6 Å². The van der Waals surface area contributed by atoms with Crippen molar-refractivity contribution in [3.8, 4) is 0 Å². The van der Waals surface area contributed by atoms with Crippen LogP contribution in [0.15, 0.2) is 33.7 Å². The normalized spacial score (nSPS) is 25.1. The molecule has 2 N–H and O–H groups in total. The zero-order valence-electron chi connectivity index (χ0n) is 15.4. The zero-order chi connectivity index (χ0) is 19.0. The van der Waals surface area contributed by atoms with Gasteiger partial charge in [-0.05, 0) is 43.4 Å². The molecule has 0 aromatic carbocycles. The van der Waals surface area contributed by atoms with Crippen LogP contribution >= 0.6 is 0 Å². The number of ketones is 1. The van der Waals surface area contributed by atoms with Crippen molar-refractivity contribution in [3.63, 3.8) is 0 Å². The van der Waals surface area contributed by atoms with Gasteiger partial charge >= 0.3 is 0 Å². The maximum absolute atomic E-state index is 12.7. The third-order valence-electron chi connectivity index (χ3n) is 5.92. The van der Waals surface area contributed by atoms with Gasteiger partial charge in [0.1, 0.15) is 11.3 Å². The molecule has 4 rings (SSSR count). The second-order valence-electron chi connectivity index (χ2n) is 7.79. The van der Waals surface area contributed by atoms with Crippen LogP contribution in [0.2, 0.25) is 0 Å². The molecule has 6 heteroatoms. The number of aromatic amines is 1. The van der Waals surface area contributed by atoms with Crippen molar-refractivity contribution in [2.75, 3.05) is 0 Å². The minimum Gasteiger partial charge on any atom is -0.469 e. The van der Waals surface area contributed by atoms with Crippen LogP contribution in [0.1, 0.15) is 77.1 Å². The molecule has 6 nitrogen and oxygen atoms in total. The van der Waals surface area contributed by atoms with E-state index in [1.165, 1.54) is 12.5 Å². The number of carbonyl (C=O) groups excluding carboxylic acids is 2. The summed E-state index contributed by atoms with van der Waals surface area (Å²) < 4.78 is 5.41. The van der Waals surface area contributed by atoms with E-state index in [1.807, 2.05) is 6.07 Å². The molecule has 2 aliphatic rings. The van der Waals surface area contributed by atoms with Gasteiger partial charge in [-0.3, -0.25) is 14.4 Å². The van der Waals surface area contributed by atoms with E-state index in [0.717, 1.165) is 25.0 Å². The van der Waals surface area contributed by atoms with Crippen LogP contribution in [0, 0.1) is 5.92 Å². The first-order chi connectivity index (χ1) is 13.0. The molecule has 1 saturated carbocycles. The summed E-state index contributed by atoms with van der Waals surface area (Å²) in [6.07, 6.45) is 6.69. The van der Waals surface area contributed by atoms with Gasteiger partial charge in [0.2, 0.25) is 0 Å². The summed E-state index contributed by atoms with van der Waals surface area (Å²) in [5.41, 5.74) is 0.610. The molecule has 2 aromatic heterocycles. The van der Waals surface area contributed by atoms with Crippen molar-refractivity contribution < 1.29 is 14.0 Å². The largest absolute Gasteiger partial charge is 0.469 e. The number of amides is 1. The van der Waals surface area contributed by atoms with Gasteiger partial charge < -0.3 is 14.7 Å². The molecule has 0 radical (unpaired) electrons. The second kappa shape index (κ2) is 7.18. The molecule has 2 aromatic rings. The number of hydrogen-bond acceptors (Lipinski definition) is 4. The molecule has 1 amide bonds. The Labute approximate surface area is 157 Å². The van der Waals surface area contributed by atoms with E-state index in [9.17, 15) is 14.4 Å². The number of nitrogens with one attached hydrogen (secondary N) is 2. The number of rotatable bonds is 3. The van der Waals surface area contributed by atoms with Crippen molar-refractivity contribution in [1.29, 1.82) is 0 Å². The molecule has 142 valence electrons. The predicted octanol–water partition coefficient (Wildman–Crippen LogP) is 3.19. The molecule has 0 aliphatic heterocycles. The molecule has 2 heterocycles. The van der Waals surface area contributed by atoms with Crippen LogP contribution in [0.3, 0.4) is 0 Å². The number of carbonyl (C=O) groups is 2. The van der Waals surface area contributed by atoms with E-state index >= 15 is 0 Å². The third kappa shape index (κ3) is 3.48. The van der Waals surface area contributed by atoms with Crippen LogP contribution in [-0.4, -0.2) is 22.7 Å². The first-order valence-electron chi connectivity index (χ1n) is 9.66. The van der Waals surface area contributed by atoms with Gasteiger partial charge in [-0.2, -0.15) is 0 Å². The lowest BCUT2D eigenvalue weighted by atomic mass is 9.83. The van der Waals surface area contributed by atoms with Crippen LogP contribution in [0.5, 0.6) is 0 Å². The standard InChI is InChI=1S/C21H24N2O4/c1-12-5-2-3-6-16(12)22-20(25)15-11-14-17(23-21(15)26)9-13(10-18(14)24)19-7-4-8-27-19/h4,7-8,11-13,16H,2-3,5-6,9-10H2,1H3,(H,22,25)(H,23,26)/t12-,13-,16+/m1/s1. The molecular formula is C21H24N2O4. The topological polar surface area (TPSA) is 92.2 Å². The Kier molecular flexibility index (Phi) is 4.72. The summed E-state index contributed by atoms with van der Waals surface area (Å²) in [7, 11) is 0. The second-order valence-corrected chi connectivity index (χ2v) is 7.79. The fraction of sp³-hybridized carbons (Fsp3) is 0.476. The summed E-state index contributed by atoms with van der Waals surface area (Å²) in [5, 5.41) is 2.99. The Morgan fingerprint density at radius 3 is 2.78 bits per heavy atom. The van der Waals surface area contributed by atoms with E-state index in [-0.39, 0.29) is 23.3 Å². The molecule has 0 saturated heterocycles. The van der Waals surface area contributed by atoms with Gasteiger partial charge in [0.25, 0.3) is 11.5 Å². The number of Topliss-reactive ketones (excluding diaryl/α,β-unsaturated/α-hetero) is 1. The molecule has 1 fully saturated rings. The molecule has 0 unspecified atom stereocenters. The lowest BCUT2D eigenvalue weighted by molar-refractivity contribution is 0.0908. The van der Waals surface area contributed by atoms with E-state index in [1.54, 1.807) is 12.3 Å². The third-order valence-corrected chi connectivity index (χ3v) is 5.92. The lowest BCUT2D eigenvalue weighted by Crippen LogP contribution is -2.43. The maximum Gasteiger partial charge on any atom is 0.261 e. The number of hydrogen-bond donors (Lipinski definition) is 2. The summed E-state index contributed by atoms with van der Waals surface area (Å²) in [5.74, 6) is 0.587. The highest BCUT2D eigenvalue weighted by atomic mass is 16.3. The van der Waals surface area contributed by atoms with E-state index in [4.69, 9.17) is 4.42 Å². The molecule has 0 spiro atoms. The highest BCUT2D eigenvalue weighted by molar-refractivity contribution is 6.02. The van der Waals surface area contributed by atoms with Crippen molar-refractivity contribution >= 4 is 11.7 Å². The molecule has 2 aliphatic carbocycles. The van der Waals surface area contributed by atoms with Gasteiger partial charge in [-0.15, -0.1) is 0 Å². The quantitative estimate of drug-likeness (QED) is 0.870. The average Bonchev–Trinajstić information content (AvgIpc) is 3.17. The van der Waals surface area contributed by atoms with Gasteiger partial charge in [0.05, 0.1) is 6.26 Å². The Balaban J connectivity index is 1.58. The molecular weight excluding hydrogens is 344 g/mol. The highest BCUT2D eigenvalue weighted by Gasteiger charge is 2.31. The van der Waals surface area contributed by atoms with Crippen LogP contribution in [0.4, 0.5) is 0 Å². The monoisotopic (exact) mass is 368 g/mol. The fourth-order valence-electron chi connectivity index (χ4n) is 4.30. The number of H-pyrrole nitrogens is 1. The highest BCUT2D eigenvalue weighted by Crippen LogP contribution is 2.32. The van der Waals surface area contributed by atoms with Crippen molar-refractivity contribution in [2.24, 2.45) is 5.92 Å². The van der Waals surface area contributed by atoms with Crippen molar-refractivity contribution in [3.05, 3.63) is 57.4 Å². The first kappa shape index (κ1) is 17.8. The average molecular weight is 368 g/mol. The minimum absolute atomic E-state index is 0.0244. The Hall–Kier alpha value is -2.63. The van der Waals surface area contributed by atoms with E-state index in [0.29, 0.717) is 30.0 Å². The van der Waals surface area contributed by atoms with Crippen LogP contribution in [0.25, 0.3) is 0 Å². The first-order valence-corrected chi connectivity index (χ1v) is 9.66. The summed E-state index contributed by atoms with van der Waals surface area (Å²) in [4.78, 5) is 40.6. The Morgan fingerprint density at radius 2 is 2.04 bits per heavy atom. The summed E-state index contributed by atoms with van der Waals surface area (Å²) in [6.45, 7) is 2.12. The SMILES string of the molecule is C[C@@H]1CCCC[C@@H]1NC(=O)c1cc2c([nH]c1=O)C[C@@H](c1ccco1)CC2=O. The molecule has 27 heavy (non-hydrogen) atoms. The number of furan rings is 1. The van der Waals surface area contributed by atoms with Gasteiger partial charge in [0.15, 0.2) is 5.78 Å². The smallest absolute Gasteiger partial charge is 0.261 e. The number of aromatic nitrogens is 1. The molecule has 0 bridgehead atoms. The Bertz CT molecular complexity index is 913. The van der Waals surface area contributed by atoms with Gasteiger partial charge in [-0.1, -0.05) is 19.8 Å². The fourth-order valence-corrected chi connectivity index (χ4v) is 4.30. The molecule has 3 atom stereocenters. The van der Waals surface area contributed by atoms with Crippen molar-refractivity contribution in [2.45, 2.75) is 57.4 Å². The van der Waals surface area contributed by atoms with Crippen molar-refractivity contribution in [1.82, 2.24) is 10.3 Å². The maximum atomic E-state index is 12.7. The van der Waals surface area contributed by atoms with E-state index in [2.05, 4.69) is 17.2 Å². The number of fused-ring (bicyclic) bond motifs is 1. The van der Waals surface area contributed by atoms with Gasteiger partial charge in [-0.25, -0.2) is 0 Å². The Morgan fingerprint density at radius 1 is 1.22 bits per heavy atom. The predicted molar refractivity (Wildman–Crippen MR) is 100 cm³/mol. The zero-order valence-corrected chi connectivity index (χ0v) is 15.4. The lowest BCUT2D eigenvalue weighted by Gasteiger charge is -2.29. The van der Waals surface area contributed by atoms with Crippen LogP contribution in [-0.2, 0) is 6.42 Å². The number of pyridine rings is 1.